The molecule has 2 aromatic rings. The first kappa shape index (κ1) is 12.7. The summed E-state index contributed by atoms with van der Waals surface area (Å²) in [4.78, 5) is 7.46. The molecule has 6 heteroatoms. The van der Waals surface area contributed by atoms with E-state index in [0.29, 0.717) is 16.7 Å². The topological polar surface area (TPSA) is 42.2 Å². The molecule has 0 fully saturated rings. The largest absolute Gasteiger partial charge is 0.396 e. The zero-order chi connectivity index (χ0) is 12.4. The van der Waals surface area contributed by atoms with Crippen molar-refractivity contribution in [2.45, 2.75) is 6.54 Å². The minimum absolute atomic E-state index is 0.452. The van der Waals surface area contributed by atoms with Gasteiger partial charge < -0.3 is 10.6 Å². The van der Waals surface area contributed by atoms with E-state index in [1.54, 1.807) is 23.5 Å². The molecule has 0 saturated heterocycles. The first-order valence-electron chi connectivity index (χ1n) is 4.92. The van der Waals surface area contributed by atoms with Crippen molar-refractivity contribution in [1.82, 2.24) is 4.98 Å². The maximum absolute atomic E-state index is 5.88. The molecule has 2 aromatic heterocycles. The summed E-state index contributed by atoms with van der Waals surface area (Å²) in [6, 6.07) is 5.55. The van der Waals surface area contributed by atoms with Gasteiger partial charge in [-0.05, 0) is 34.1 Å². The molecule has 0 unspecified atom stereocenters. The number of hydrogen-bond donors (Lipinski definition) is 1. The molecular weight excluding hydrogens is 322 g/mol. The molecule has 2 N–H and O–H groups in total. The highest BCUT2D eigenvalue weighted by atomic mass is 79.9. The van der Waals surface area contributed by atoms with Gasteiger partial charge in [-0.25, -0.2) is 4.98 Å². The lowest BCUT2D eigenvalue weighted by atomic mass is 10.3. The SMILES string of the molecule is CN(Cc1cc(Br)cs1)c1nc(Cl)ccc1N. The van der Waals surface area contributed by atoms with E-state index in [9.17, 15) is 0 Å². The third-order valence-corrected chi connectivity index (χ3v) is 4.14. The number of halogens is 2. The number of nitrogen functional groups attached to an aromatic ring is 1. The molecule has 2 heterocycles. The average molecular weight is 333 g/mol. The first-order chi connectivity index (χ1) is 8.06. The van der Waals surface area contributed by atoms with E-state index in [1.165, 1.54) is 4.88 Å². The summed E-state index contributed by atoms with van der Waals surface area (Å²) in [5.74, 6) is 0.710. The van der Waals surface area contributed by atoms with Crippen LogP contribution in [0.1, 0.15) is 4.88 Å². The minimum Gasteiger partial charge on any atom is -0.396 e. The van der Waals surface area contributed by atoms with Gasteiger partial charge in [0.05, 0.1) is 12.2 Å². The number of aromatic nitrogens is 1. The van der Waals surface area contributed by atoms with Gasteiger partial charge in [-0.2, -0.15) is 0 Å². The molecule has 0 atom stereocenters. The highest BCUT2D eigenvalue weighted by Gasteiger charge is 2.09. The normalized spacial score (nSPS) is 10.5. The number of thiophene rings is 1. The van der Waals surface area contributed by atoms with Crippen LogP contribution in [0.25, 0.3) is 0 Å². The van der Waals surface area contributed by atoms with Crippen molar-refractivity contribution in [2.75, 3.05) is 17.7 Å². The number of anilines is 2. The van der Waals surface area contributed by atoms with Crippen LogP contribution in [0.15, 0.2) is 28.1 Å². The summed E-state index contributed by atoms with van der Waals surface area (Å²) in [7, 11) is 1.95. The fourth-order valence-corrected chi connectivity index (χ4v) is 3.13. The van der Waals surface area contributed by atoms with E-state index >= 15 is 0 Å². The highest BCUT2D eigenvalue weighted by Crippen LogP contribution is 2.26. The number of hydrogen-bond acceptors (Lipinski definition) is 4. The van der Waals surface area contributed by atoms with Crippen LogP contribution in [0, 0.1) is 0 Å². The molecule has 0 aliphatic rings. The molecule has 0 amide bonds. The van der Waals surface area contributed by atoms with Gasteiger partial charge in [0.2, 0.25) is 0 Å². The molecule has 17 heavy (non-hydrogen) atoms. The number of rotatable bonds is 3. The van der Waals surface area contributed by atoms with E-state index < -0.39 is 0 Å². The van der Waals surface area contributed by atoms with Crippen LogP contribution >= 0.6 is 38.9 Å². The Balaban J connectivity index is 2.19. The number of nitrogens with zero attached hydrogens (tertiary/aromatic N) is 2. The van der Waals surface area contributed by atoms with Crippen molar-refractivity contribution in [3.05, 3.63) is 38.1 Å². The summed E-state index contributed by atoms with van der Waals surface area (Å²) < 4.78 is 1.10. The van der Waals surface area contributed by atoms with Crippen LogP contribution < -0.4 is 10.6 Å². The molecule has 0 bridgehead atoms. The Bertz CT molecular complexity index is 529. The summed E-state index contributed by atoms with van der Waals surface area (Å²) in [6.07, 6.45) is 0. The second-order valence-electron chi connectivity index (χ2n) is 3.63. The van der Waals surface area contributed by atoms with Gasteiger partial charge in [-0.3, -0.25) is 0 Å². The van der Waals surface area contributed by atoms with Crippen LogP contribution in [-0.2, 0) is 6.54 Å². The zero-order valence-electron chi connectivity index (χ0n) is 9.15. The third kappa shape index (κ3) is 3.12. The third-order valence-electron chi connectivity index (χ3n) is 2.25. The monoisotopic (exact) mass is 331 g/mol. The van der Waals surface area contributed by atoms with Gasteiger partial charge in [-0.1, -0.05) is 11.6 Å². The molecule has 0 aliphatic carbocycles. The van der Waals surface area contributed by atoms with Crippen molar-refractivity contribution in [3.63, 3.8) is 0 Å². The Hall–Kier alpha value is -0.780. The van der Waals surface area contributed by atoms with Crippen molar-refractivity contribution < 1.29 is 0 Å². The Labute approximate surface area is 117 Å². The molecule has 0 radical (unpaired) electrons. The van der Waals surface area contributed by atoms with E-state index in [4.69, 9.17) is 17.3 Å². The molecule has 0 aliphatic heterocycles. The molecule has 0 saturated carbocycles. The van der Waals surface area contributed by atoms with Gasteiger partial charge in [0.15, 0.2) is 5.82 Å². The van der Waals surface area contributed by atoms with Crippen LogP contribution in [0.3, 0.4) is 0 Å². The fraction of sp³-hybridized carbons (Fsp3) is 0.182. The highest BCUT2D eigenvalue weighted by molar-refractivity contribution is 9.10. The number of pyridine rings is 1. The van der Waals surface area contributed by atoms with Gasteiger partial charge in [0.1, 0.15) is 5.15 Å². The quantitative estimate of drug-likeness (QED) is 0.870. The second-order valence-corrected chi connectivity index (χ2v) is 5.93. The summed E-state index contributed by atoms with van der Waals surface area (Å²) >= 11 is 11.0. The summed E-state index contributed by atoms with van der Waals surface area (Å²) in [6.45, 7) is 0.758. The smallest absolute Gasteiger partial charge is 0.153 e. The number of nitrogens with two attached hydrogens (primary N) is 1. The van der Waals surface area contributed by atoms with E-state index in [1.807, 2.05) is 11.9 Å². The van der Waals surface area contributed by atoms with Gasteiger partial charge >= 0.3 is 0 Å². The molecular formula is C11H11BrClN3S. The second kappa shape index (κ2) is 5.25. The molecule has 2 rings (SSSR count). The van der Waals surface area contributed by atoms with Crippen LogP contribution in [0.4, 0.5) is 11.5 Å². The van der Waals surface area contributed by atoms with Crippen molar-refractivity contribution in [2.24, 2.45) is 0 Å². The van der Waals surface area contributed by atoms with Crippen LogP contribution in [0.2, 0.25) is 5.15 Å². The van der Waals surface area contributed by atoms with Gasteiger partial charge in [0.25, 0.3) is 0 Å². The van der Waals surface area contributed by atoms with Crippen molar-refractivity contribution in [1.29, 1.82) is 0 Å². The van der Waals surface area contributed by atoms with Crippen LogP contribution in [0.5, 0.6) is 0 Å². The zero-order valence-corrected chi connectivity index (χ0v) is 12.3. The van der Waals surface area contributed by atoms with Crippen molar-refractivity contribution >= 4 is 50.4 Å². The average Bonchev–Trinajstić information content (AvgIpc) is 2.67. The Kier molecular flexibility index (Phi) is 3.91. The predicted octanol–water partition coefficient (Wildman–Crippen LogP) is 3.78. The molecule has 3 nitrogen and oxygen atoms in total. The predicted molar refractivity (Wildman–Crippen MR) is 77.8 cm³/mol. The molecule has 0 aromatic carbocycles. The maximum atomic E-state index is 5.88. The summed E-state index contributed by atoms with van der Waals surface area (Å²) in [5, 5.41) is 2.51. The first-order valence-corrected chi connectivity index (χ1v) is 6.97. The minimum atomic E-state index is 0.452. The lowest BCUT2D eigenvalue weighted by molar-refractivity contribution is 0.915. The van der Waals surface area contributed by atoms with E-state index in [0.717, 1.165) is 11.0 Å². The van der Waals surface area contributed by atoms with Crippen LogP contribution in [-0.4, -0.2) is 12.0 Å². The van der Waals surface area contributed by atoms with Gasteiger partial charge in [-0.15, -0.1) is 11.3 Å². The summed E-state index contributed by atoms with van der Waals surface area (Å²) in [5.41, 5.74) is 6.51. The lowest BCUT2D eigenvalue weighted by Crippen LogP contribution is -2.18. The van der Waals surface area contributed by atoms with Gasteiger partial charge in [0, 0.05) is 21.8 Å². The van der Waals surface area contributed by atoms with Crippen molar-refractivity contribution in [3.8, 4) is 0 Å². The Morgan fingerprint density at radius 3 is 2.94 bits per heavy atom. The standard InChI is InChI=1S/C11H11BrClN3S/c1-16(5-8-4-7(12)6-17-8)11-9(14)2-3-10(13)15-11/h2-4,6H,5,14H2,1H3. The fourth-order valence-electron chi connectivity index (χ4n) is 1.49. The van der Waals surface area contributed by atoms with E-state index in [2.05, 4.69) is 32.4 Å². The molecule has 90 valence electrons. The molecule has 0 spiro atoms. The maximum Gasteiger partial charge on any atom is 0.153 e. The Morgan fingerprint density at radius 1 is 1.53 bits per heavy atom. The van der Waals surface area contributed by atoms with E-state index in [-0.39, 0.29) is 0 Å². The lowest BCUT2D eigenvalue weighted by Gasteiger charge is -2.19. The Morgan fingerprint density at radius 2 is 2.29 bits per heavy atom.